The van der Waals surface area contributed by atoms with Gasteiger partial charge in [-0.2, -0.15) is 0 Å². The predicted molar refractivity (Wildman–Crippen MR) is 80.6 cm³/mol. The van der Waals surface area contributed by atoms with Gasteiger partial charge >= 0.3 is 5.63 Å². The zero-order valence-corrected chi connectivity index (χ0v) is 12.8. The molecule has 23 heavy (non-hydrogen) atoms. The van der Waals surface area contributed by atoms with Crippen molar-refractivity contribution in [3.8, 4) is 0 Å². The van der Waals surface area contributed by atoms with Crippen LogP contribution in [0.2, 0.25) is 0 Å². The quantitative estimate of drug-likeness (QED) is 0.794. The standard InChI is InChI=1S/C16H19N3O4/c20-15(11-19-12-16(21)23-17-19)18-8-9-22-14(10-18)7-6-13-4-2-1-3-5-13/h1-5,12,14H,6-11H2/p+1/t14-/m1/s1. The SMILES string of the molecule is O=C(C[n+]1cc(=O)o[nH]1)N1CCO[C@H](CCc2ccccc2)C1. The topological polar surface area (TPSA) is 79.4 Å². The fraction of sp³-hybridized carbons (Fsp3) is 0.438. The Morgan fingerprint density at radius 1 is 1.35 bits per heavy atom. The molecule has 0 aliphatic carbocycles. The van der Waals surface area contributed by atoms with E-state index in [0.29, 0.717) is 19.7 Å². The molecule has 2 aromatic rings. The number of morpholine rings is 1. The zero-order valence-electron chi connectivity index (χ0n) is 12.8. The lowest BCUT2D eigenvalue weighted by atomic mass is 10.1. The van der Waals surface area contributed by atoms with E-state index >= 15 is 0 Å². The largest absolute Gasteiger partial charge is 0.426 e. The van der Waals surface area contributed by atoms with Gasteiger partial charge in [-0.15, -0.1) is 0 Å². The van der Waals surface area contributed by atoms with Crippen molar-refractivity contribution in [1.82, 2.24) is 10.2 Å². The Balaban J connectivity index is 1.51. The Labute approximate surface area is 133 Å². The van der Waals surface area contributed by atoms with Gasteiger partial charge in [-0.05, 0) is 23.7 Å². The molecule has 1 aromatic heterocycles. The minimum atomic E-state index is -0.500. The second-order valence-corrected chi connectivity index (χ2v) is 5.63. The first-order chi connectivity index (χ1) is 11.2. The Morgan fingerprint density at radius 3 is 2.91 bits per heavy atom. The fourth-order valence-corrected chi connectivity index (χ4v) is 2.70. The number of amides is 1. The summed E-state index contributed by atoms with van der Waals surface area (Å²) in [7, 11) is 0. The third-order valence-corrected chi connectivity index (χ3v) is 3.92. The van der Waals surface area contributed by atoms with Crippen molar-refractivity contribution in [2.24, 2.45) is 0 Å². The second kappa shape index (κ2) is 7.23. The highest BCUT2D eigenvalue weighted by Gasteiger charge is 2.26. The van der Waals surface area contributed by atoms with Crippen LogP contribution in [0.5, 0.6) is 0 Å². The van der Waals surface area contributed by atoms with Gasteiger partial charge in [0.25, 0.3) is 18.6 Å². The molecule has 3 rings (SSSR count). The van der Waals surface area contributed by atoms with Crippen LogP contribution in [-0.2, 0) is 22.5 Å². The highest BCUT2D eigenvalue weighted by molar-refractivity contribution is 5.74. The van der Waals surface area contributed by atoms with E-state index in [2.05, 4.69) is 21.9 Å². The molecule has 7 nitrogen and oxygen atoms in total. The maximum absolute atomic E-state index is 12.3. The predicted octanol–water partition coefficient (Wildman–Crippen LogP) is 0.116. The van der Waals surface area contributed by atoms with E-state index < -0.39 is 5.63 Å². The van der Waals surface area contributed by atoms with Crippen molar-refractivity contribution < 1.29 is 18.7 Å². The third kappa shape index (κ3) is 4.29. The molecule has 7 heteroatoms. The zero-order chi connectivity index (χ0) is 16.1. The van der Waals surface area contributed by atoms with Crippen LogP contribution in [0.25, 0.3) is 0 Å². The van der Waals surface area contributed by atoms with Crippen molar-refractivity contribution in [3.05, 3.63) is 52.5 Å². The number of carbonyl (C=O) groups excluding carboxylic acids is 1. The summed E-state index contributed by atoms with van der Waals surface area (Å²) in [4.78, 5) is 25.0. The van der Waals surface area contributed by atoms with Gasteiger partial charge in [0.2, 0.25) is 0 Å². The van der Waals surface area contributed by atoms with Gasteiger partial charge in [0.05, 0.1) is 12.7 Å². The molecular weight excluding hydrogens is 298 g/mol. The molecule has 1 saturated heterocycles. The van der Waals surface area contributed by atoms with Gasteiger partial charge < -0.3 is 9.64 Å². The molecule has 1 aliphatic rings. The Morgan fingerprint density at radius 2 is 2.17 bits per heavy atom. The van der Waals surface area contributed by atoms with E-state index in [0.717, 1.165) is 12.8 Å². The molecule has 0 saturated carbocycles. The van der Waals surface area contributed by atoms with E-state index in [-0.39, 0.29) is 18.6 Å². The number of hydrogen-bond acceptors (Lipinski definition) is 4. The molecule has 2 heterocycles. The lowest BCUT2D eigenvalue weighted by Crippen LogP contribution is -2.51. The minimum absolute atomic E-state index is 0.0429. The van der Waals surface area contributed by atoms with E-state index in [4.69, 9.17) is 4.74 Å². The molecule has 122 valence electrons. The number of aryl methyl sites for hydroxylation is 1. The lowest BCUT2D eigenvalue weighted by molar-refractivity contribution is -0.751. The van der Waals surface area contributed by atoms with Gasteiger partial charge in [-0.1, -0.05) is 35.0 Å². The average Bonchev–Trinajstić information content (AvgIpc) is 2.99. The van der Waals surface area contributed by atoms with Gasteiger partial charge in [-0.25, -0.2) is 4.79 Å². The van der Waals surface area contributed by atoms with E-state index in [9.17, 15) is 9.59 Å². The summed E-state index contributed by atoms with van der Waals surface area (Å²) < 4.78 is 11.7. The molecule has 0 spiro atoms. The number of aromatic nitrogens is 2. The van der Waals surface area contributed by atoms with Gasteiger partial charge in [0.1, 0.15) is 0 Å². The van der Waals surface area contributed by atoms with Crippen LogP contribution in [0.3, 0.4) is 0 Å². The first kappa shape index (κ1) is 15.5. The number of carbonyl (C=O) groups is 1. The van der Waals surface area contributed by atoms with Crippen LogP contribution < -0.4 is 10.3 Å². The maximum Gasteiger partial charge on any atom is 0.426 e. The Bertz CT molecular complexity index is 695. The van der Waals surface area contributed by atoms with Crippen LogP contribution in [0.1, 0.15) is 12.0 Å². The van der Waals surface area contributed by atoms with Gasteiger partial charge in [-0.3, -0.25) is 9.32 Å². The van der Waals surface area contributed by atoms with Crippen LogP contribution in [0.4, 0.5) is 0 Å². The number of nitrogens with zero attached hydrogens (tertiary/aromatic N) is 2. The molecule has 1 fully saturated rings. The molecule has 0 unspecified atom stereocenters. The molecule has 1 aliphatic heterocycles. The van der Waals surface area contributed by atoms with E-state index in [1.807, 2.05) is 18.2 Å². The normalized spacial score (nSPS) is 18.1. The molecular formula is C16H20N3O4+. The lowest BCUT2D eigenvalue weighted by Gasteiger charge is -2.32. The van der Waals surface area contributed by atoms with Crippen molar-refractivity contribution >= 4 is 5.91 Å². The first-order valence-corrected chi connectivity index (χ1v) is 7.72. The number of rotatable bonds is 5. The summed E-state index contributed by atoms with van der Waals surface area (Å²) in [5.74, 6) is -0.0555. The summed E-state index contributed by atoms with van der Waals surface area (Å²) in [5.41, 5.74) is 0.770. The van der Waals surface area contributed by atoms with Crippen molar-refractivity contribution in [2.45, 2.75) is 25.5 Å². The Kier molecular flexibility index (Phi) is 4.87. The second-order valence-electron chi connectivity index (χ2n) is 5.63. The maximum atomic E-state index is 12.3. The van der Waals surface area contributed by atoms with Gasteiger partial charge in [0.15, 0.2) is 0 Å². The van der Waals surface area contributed by atoms with Crippen LogP contribution in [0, 0.1) is 0 Å². The number of nitrogens with one attached hydrogen (secondary N) is 1. The van der Waals surface area contributed by atoms with Crippen LogP contribution >= 0.6 is 0 Å². The molecule has 0 radical (unpaired) electrons. The fourth-order valence-electron chi connectivity index (χ4n) is 2.70. The van der Waals surface area contributed by atoms with Crippen LogP contribution in [0.15, 0.2) is 45.8 Å². The number of aromatic amines is 1. The molecule has 1 amide bonds. The minimum Gasteiger partial charge on any atom is -0.375 e. The summed E-state index contributed by atoms with van der Waals surface area (Å²) >= 11 is 0. The highest BCUT2D eigenvalue weighted by Crippen LogP contribution is 2.12. The number of H-pyrrole nitrogens is 1. The smallest absolute Gasteiger partial charge is 0.375 e. The average molecular weight is 318 g/mol. The first-order valence-electron chi connectivity index (χ1n) is 7.72. The Hall–Kier alpha value is -2.41. The van der Waals surface area contributed by atoms with E-state index in [1.54, 1.807) is 4.90 Å². The molecule has 1 aromatic carbocycles. The van der Waals surface area contributed by atoms with Crippen molar-refractivity contribution in [2.75, 3.05) is 19.7 Å². The van der Waals surface area contributed by atoms with Crippen LogP contribution in [-0.4, -0.2) is 41.9 Å². The summed E-state index contributed by atoms with van der Waals surface area (Å²) in [5, 5.41) is 2.38. The third-order valence-electron chi connectivity index (χ3n) is 3.92. The number of ether oxygens (including phenoxy) is 1. The molecule has 0 bridgehead atoms. The monoisotopic (exact) mass is 318 g/mol. The number of hydrogen-bond donors (Lipinski definition) is 1. The summed E-state index contributed by atoms with van der Waals surface area (Å²) in [6.45, 7) is 1.76. The molecule has 1 atom stereocenters. The number of benzene rings is 1. The van der Waals surface area contributed by atoms with Crippen molar-refractivity contribution in [1.29, 1.82) is 0 Å². The van der Waals surface area contributed by atoms with Gasteiger partial charge in [0, 0.05) is 13.1 Å². The summed E-state index contributed by atoms with van der Waals surface area (Å²) in [6, 6.07) is 10.2. The van der Waals surface area contributed by atoms with E-state index in [1.165, 1.54) is 16.4 Å². The summed E-state index contributed by atoms with van der Waals surface area (Å²) in [6.07, 6.45) is 3.08. The highest BCUT2D eigenvalue weighted by atomic mass is 16.5. The van der Waals surface area contributed by atoms with Crippen molar-refractivity contribution in [3.63, 3.8) is 0 Å². The molecule has 1 N–H and O–H groups in total.